The van der Waals surface area contributed by atoms with Crippen LogP contribution in [-0.4, -0.2) is 29.1 Å². The maximum absolute atomic E-state index is 11.8. The molecule has 1 aromatic carbocycles. The van der Waals surface area contributed by atoms with Gasteiger partial charge >= 0.3 is 11.9 Å². The van der Waals surface area contributed by atoms with E-state index < -0.39 is 24.0 Å². The van der Waals surface area contributed by atoms with Gasteiger partial charge in [0.15, 0.2) is 0 Å². The molecule has 5 N–H and O–H groups in total. The standard InChI is InChI=1S/C15H22N2O4/c1-3-9(2)13(17)15(20)21-11-6-4-10(5-7-11)8-12(16)14(18)19/h4-7,9,12-13H,3,8,16-17H2,1-2H3,(H,18,19)/t9-,12-,13-/m0/s1. The van der Waals surface area contributed by atoms with E-state index in [-0.39, 0.29) is 12.3 Å². The summed E-state index contributed by atoms with van der Waals surface area (Å²) in [4.78, 5) is 22.5. The zero-order chi connectivity index (χ0) is 16.0. The number of carboxylic acids is 1. The summed E-state index contributed by atoms with van der Waals surface area (Å²) in [6.07, 6.45) is 1.01. The van der Waals surface area contributed by atoms with Crippen molar-refractivity contribution in [1.82, 2.24) is 0 Å². The van der Waals surface area contributed by atoms with Crippen molar-refractivity contribution in [3.8, 4) is 5.75 Å². The maximum Gasteiger partial charge on any atom is 0.328 e. The number of ether oxygens (including phenoxy) is 1. The van der Waals surface area contributed by atoms with Gasteiger partial charge in [-0.1, -0.05) is 32.4 Å². The smallest absolute Gasteiger partial charge is 0.328 e. The van der Waals surface area contributed by atoms with Crippen molar-refractivity contribution in [2.24, 2.45) is 17.4 Å². The molecule has 0 saturated heterocycles. The normalized spacial score (nSPS) is 15.0. The Kier molecular flexibility index (Phi) is 6.33. The van der Waals surface area contributed by atoms with E-state index in [1.54, 1.807) is 24.3 Å². The topological polar surface area (TPSA) is 116 Å². The molecule has 1 aromatic rings. The van der Waals surface area contributed by atoms with E-state index in [2.05, 4.69) is 0 Å². The lowest BCUT2D eigenvalue weighted by molar-refractivity contribution is -0.138. The molecule has 0 spiro atoms. The molecule has 0 aromatic heterocycles. The highest BCUT2D eigenvalue weighted by Gasteiger charge is 2.21. The van der Waals surface area contributed by atoms with Gasteiger partial charge in [-0.2, -0.15) is 0 Å². The maximum atomic E-state index is 11.8. The number of hydrogen-bond donors (Lipinski definition) is 3. The first-order valence-electron chi connectivity index (χ1n) is 6.89. The molecule has 0 bridgehead atoms. The lowest BCUT2D eigenvalue weighted by atomic mass is 10.0. The van der Waals surface area contributed by atoms with Crippen LogP contribution in [0.2, 0.25) is 0 Å². The fraction of sp³-hybridized carbons (Fsp3) is 0.467. The summed E-state index contributed by atoms with van der Waals surface area (Å²) in [5.74, 6) is -1.10. The summed E-state index contributed by atoms with van der Waals surface area (Å²) in [7, 11) is 0. The minimum absolute atomic E-state index is 0.0466. The van der Waals surface area contributed by atoms with Gasteiger partial charge in [0.1, 0.15) is 17.8 Å². The average molecular weight is 294 g/mol. The molecule has 0 radical (unpaired) electrons. The molecule has 0 aliphatic heterocycles. The highest BCUT2D eigenvalue weighted by atomic mass is 16.5. The van der Waals surface area contributed by atoms with Gasteiger partial charge in [-0.3, -0.25) is 4.79 Å². The molecule has 1 rings (SSSR count). The van der Waals surface area contributed by atoms with Crippen LogP contribution in [0.5, 0.6) is 5.75 Å². The van der Waals surface area contributed by atoms with Crippen LogP contribution in [0.1, 0.15) is 25.8 Å². The summed E-state index contributed by atoms with van der Waals surface area (Å²) < 4.78 is 5.20. The lowest BCUT2D eigenvalue weighted by Gasteiger charge is -2.16. The Balaban J connectivity index is 2.62. The number of carbonyl (C=O) groups excluding carboxylic acids is 1. The Hall–Kier alpha value is -1.92. The number of nitrogens with two attached hydrogens (primary N) is 2. The second-order valence-corrected chi connectivity index (χ2v) is 5.13. The first-order valence-corrected chi connectivity index (χ1v) is 6.89. The van der Waals surface area contributed by atoms with E-state index in [0.29, 0.717) is 5.75 Å². The summed E-state index contributed by atoms with van der Waals surface area (Å²) >= 11 is 0. The van der Waals surface area contributed by atoms with Crippen molar-refractivity contribution in [2.75, 3.05) is 0 Å². The molecule has 0 aliphatic rings. The molecule has 6 heteroatoms. The SMILES string of the molecule is CC[C@H](C)[C@H](N)C(=O)Oc1ccc(C[C@H](N)C(=O)O)cc1. The Labute approximate surface area is 124 Å². The van der Waals surface area contributed by atoms with Crippen LogP contribution in [-0.2, 0) is 16.0 Å². The van der Waals surface area contributed by atoms with Gasteiger partial charge in [-0.25, -0.2) is 4.79 Å². The van der Waals surface area contributed by atoms with Crippen LogP contribution < -0.4 is 16.2 Å². The lowest BCUT2D eigenvalue weighted by Crippen LogP contribution is -2.39. The second-order valence-electron chi connectivity index (χ2n) is 5.13. The molecule has 0 saturated carbocycles. The van der Waals surface area contributed by atoms with Crippen molar-refractivity contribution in [3.63, 3.8) is 0 Å². The summed E-state index contributed by atoms with van der Waals surface area (Å²) in [5, 5.41) is 8.75. The van der Waals surface area contributed by atoms with Gasteiger partial charge in [0, 0.05) is 0 Å². The zero-order valence-corrected chi connectivity index (χ0v) is 12.3. The van der Waals surface area contributed by atoms with Gasteiger partial charge in [0.25, 0.3) is 0 Å². The van der Waals surface area contributed by atoms with E-state index in [9.17, 15) is 9.59 Å². The van der Waals surface area contributed by atoms with Crippen molar-refractivity contribution in [2.45, 2.75) is 38.8 Å². The monoisotopic (exact) mass is 294 g/mol. The van der Waals surface area contributed by atoms with Crippen LogP contribution in [0.3, 0.4) is 0 Å². The van der Waals surface area contributed by atoms with E-state index in [0.717, 1.165) is 12.0 Å². The molecule has 0 heterocycles. The van der Waals surface area contributed by atoms with Crippen molar-refractivity contribution in [3.05, 3.63) is 29.8 Å². The molecule has 0 amide bonds. The summed E-state index contributed by atoms with van der Waals surface area (Å²) in [5.41, 5.74) is 12.0. The van der Waals surface area contributed by atoms with Gasteiger partial charge in [-0.05, 0) is 30.0 Å². The number of aliphatic carboxylic acids is 1. The quantitative estimate of drug-likeness (QED) is 0.508. The first-order chi connectivity index (χ1) is 9.85. The fourth-order valence-electron chi connectivity index (χ4n) is 1.71. The van der Waals surface area contributed by atoms with E-state index >= 15 is 0 Å². The zero-order valence-electron chi connectivity index (χ0n) is 12.3. The van der Waals surface area contributed by atoms with Crippen LogP contribution in [0.25, 0.3) is 0 Å². The number of carbonyl (C=O) groups is 2. The number of esters is 1. The van der Waals surface area contributed by atoms with Crippen molar-refractivity contribution < 1.29 is 19.4 Å². The fourth-order valence-corrected chi connectivity index (χ4v) is 1.71. The Bertz CT molecular complexity index is 487. The molecule has 116 valence electrons. The highest BCUT2D eigenvalue weighted by molar-refractivity contribution is 5.78. The first kappa shape index (κ1) is 17.1. The van der Waals surface area contributed by atoms with Crippen LogP contribution >= 0.6 is 0 Å². The molecule has 0 aliphatic carbocycles. The van der Waals surface area contributed by atoms with Crippen LogP contribution in [0, 0.1) is 5.92 Å². The molecular weight excluding hydrogens is 272 g/mol. The van der Waals surface area contributed by atoms with E-state index in [1.165, 1.54) is 0 Å². The average Bonchev–Trinajstić information content (AvgIpc) is 2.47. The molecule has 6 nitrogen and oxygen atoms in total. The van der Waals surface area contributed by atoms with Gasteiger partial charge in [0.2, 0.25) is 0 Å². The van der Waals surface area contributed by atoms with E-state index in [4.69, 9.17) is 21.3 Å². The Morgan fingerprint density at radius 3 is 2.29 bits per heavy atom. The molecule has 3 atom stereocenters. The van der Waals surface area contributed by atoms with E-state index in [1.807, 2.05) is 13.8 Å². The predicted molar refractivity (Wildman–Crippen MR) is 78.8 cm³/mol. The van der Waals surface area contributed by atoms with Crippen molar-refractivity contribution in [1.29, 1.82) is 0 Å². The number of rotatable bonds is 7. The third kappa shape index (κ3) is 5.17. The number of hydrogen-bond acceptors (Lipinski definition) is 5. The van der Waals surface area contributed by atoms with Gasteiger partial charge < -0.3 is 21.3 Å². The van der Waals surface area contributed by atoms with Gasteiger partial charge in [-0.15, -0.1) is 0 Å². The molecule has 0 unspecified atom stereocenters. The molecular formula is C15H22N2O4. The third-order valence-electron chi connectivity index (χ3n) is 3.44. The van der Waals surface area contributed by atoms with Gasteiger partial charge in [0.05, 0.1) is 0 Å². The minimum Gasteiger partial charge on any atom is -0.480 e. The second kappa shape index (κ2) is 7.75. The molecule has 0 fully saturated rings. The highest BCUT2D eigenvalue weighted by Crippen LogP contribution is 2.15. The predicted octanol–water partition coefficient (Wildman–Crippen LogP) is 0.920. The largest absolute Gasteiger partial charge is 0.480 e. The third-order valence-corrected chi connectivity index (χ3v) is 3.44. The Morgan fingerprint density at radius 2 is 1.81 bits per heavy atom. The summed E-state index contributed by atoms with van der Waals surface area (Å²) in [6, 6.07) is 4.96. The van der Waals surface area contributed by atoms with Crippen LogP contribution in [0.15, 0.2) is 24.3 Å². The summed E-state index contributed by atoms with van der Waals surface area (Å²) in [6.45, 7) is 3.85. The minimum atomic E-state index is -1.05. The number of benzene rings is 1. The van der Waals surface area contributed by atoms with Crippen molar-refractivity contribution >= 4 is 11.9 Å². The molecule has 21 heavy (non-hydrogen) atoms. The van der Waals surface area contributed by atoms with Crippen LogP contribution in [0.4, 0.5) is 0 Å². The Morgan fingerprint density at radius 1 is 1.24 bits per heavy atom. The number of carboxylic acid groups (broad SMARTS) is 1.